The van der Waals surface area contributed by atoms with Crippen molar-refractivity contribution in [3.63, 3.8) is 0 Å². The Kier molecular flexibility index (Phi) is 6.40. The third kappa shape index (κ3) is 5.33. The van der Waals surface area contributed by atoms with Crippen LogP contribution in [0.4, 0.5) is 0 Å². The first kappa shape index (κ1) is 15.5. The SMILES string of the molecule is CCCCNC(=O)C(C)Oc1cccc(C(C)C)c1. The minimum Gasteiger partial charge on any atom is -0.481 e. The molecular formula is C16H25NO2. The smallest absolute Gasteiger partial charge is 0.260 e. The Morgan fingerprint density at radius 3 is 2.68 bits per heavy atom. The van der Waals surface area contributed by atoms with E-state index in [9.17, 15) is 4.79 Å². The number of carbonyl (C=O) groups excluding carboxylic acids is 1. The molecule has 1 aromatic carbocycles. The second-order valence-corrected chi connectivity index (χ2v) is 5.13. The lowest BCUT2D eigenvalue weighted by Gasteiger charge is -2.16. The van der Waals surface area contributed by atoms with Crippen molar-refractivity contribution in [2.75, 3.05) is 6.54 Å². The summed E-state index contributed by atoms with van der Waals surface area (Å²) in [6, 6.07) is 7.93. The first-order valence-corrected chi connectivity index (χ1v) is 7.09. The molecule has 0 radical (unpaired) electrons. The van der Waals surface area contributed by atoms with Gasteiger partial charge in [-0.25, -0.2) is 0 Å². The van der Waals surface area contributed by atoms with Gasteiger partial charge in [-0.05, 0) is 37.0 Å². The van der Waals surface area contributed by atoms with Crippen molar-refractivity contribution in [3.8, 4) is 5.75 Å². The number of carbonyl (C=O) groups is 1. The third-order valence-electron chi connectivity index (χ3n) is 3.04. The normalized spacial score (nSPS) is 12.3. The molecule has 0 spiro atoms. The third-order valence-corrected chi connectivity index (χ3v) is 3.04. The van der Waals surface area contributed by atoms with Gasteiger partial charge in [0, 0.05) is 6.54 Å². The second-order valence-electron chi connectivity index (χ2n) is 5.13. The number of ether oxygens (including phenoxy) is 1. The molecule has 1 aromatic rings. The predicted octanol–water partition coefficient (Wildman–Crippen LogP) is 3.49. The molecule has 1 atom stereocenters. The van der Waals surface area contributed by atoms with Crippen LogP contribution in [0.3, 0.4) is 0 Å². The second kappa shape index (κ2) is 7.82. The van der Waals surface area contributed by atoms with Crippen LogP contribution in [0.2, 0.25) is 0 Å². The molecule has 1 unspecified atom stereocenters. The molecule has 0 saturated heterocycles. The van der Waals surface area contributed by atoms with E-state index in [0.717, 1.165) is 25.1 Å². The van der Waals surface area contributed by atoms with E-state index in [4.69, 9.17) is 4.74 Å². The Morgan fingerprint density at radius 1 is 1.32 bits per heavy atom. The standard InChI is InChI=1S/C16H25NO2/c1-5-6-10-17-16(18)13(4)19-15-9-7-8-14(11-15)12(2)3/h7-9,11-13H,5-6,10H2,1-4H3,(H,17,18). The maximum Gasteiger partial charge on any atom is 0.260 e. The van der Waals surface area contributed by atoms with Crippen LogP contribution >= 0.6 is 0 Å². The molecule has 106 valence electrons. The molecule has 3 nitrogen and oxygen atoms in total. The van der Waals surface area contributed by atoms with Gasteiger partial charge >= 0.3 is 0 Å². The van der Waals surface area contributed by atoms with Crippen LogP contribution in [0.5, 0.6) is 5.75 Å². The minimum absolute atomic E-state index is 0.0524. The number of amides is 1. The van der Waals surface area contributed by atoms with E-state index >= 15 is 0 Å². The molecule has 0 aliphatic heterocycles. The van der Waals surface area contributed by atoms with Crippen LogP contribution in [-0.4, -0.2) is 18.6 Å². The molecule has 0 saturated carbocycles. The van der Waals surface area contributed by atoms with Crippen molar-refractivity contribution in [3.05, 3.63) is 29.8 Å². The van der Waals surface area contributed by atoms with Gasteiger partial charge in [0.15, 0.2) is 6.10 Å². The molecule has 1 rings (SSSR count). The van der Waals surface area contributed by atoms with Crippen molar-refractivity contribution >= 4 is 5.91 Å². The fourth-order valence-electron chi connectivity index (χ4n) is 1.74. The fraction of sp³-hybridized carbons (Fsp3) is 0.562. The number of rotatable bonds is 7. The summed E-state index contributed by atoms with van der Waals surface area (Å²) in [5.41, 5.74) is 1.22. The highest BCUT2D eigenvalue weighted by molar-refractivity contribution is 5.80. The lowest BCUT2D eigenvalue weighted by Crippen LogP contribution is -2.36. The number of unbranched alkanes of at least 4 members (excludes halogenated alkanes) is 1. The molecule has 0 bridgehead atoms. The zero-order valence-electron chi connectivity index (χ0n) is 12.4. The summed E-state index contributed by atoms with van der Waals surface area (Å²) in [6.07, 6.45) is 1.62. The van der Waals surface area contributed by atoms with Gasteiger partial charge in [-0.3, -0.25) is 4.79 Å². The molecule has 0 aromatic heterocycles. The molecule has 0 fully saturated rings. The van der Waals surface area contributed by atoms with E-state index < -0.39 is 6.10 Å². The summed E-state index contributed by atoms with van der Waals surface area (Å²) in [5.74, 6) is 1.16. The summed E-state index contributed by atoms with van der Waals surface area (Å²) in [6.45, 7) is 8.88. The molecular weight excluding hydrogens is 238 g/mol. The highest BCUT2D eigenvalue weighted by atomic mass is 16.5. The van der Waals surface area contributed by atoms with E-state index in [0.29, 0.717) is 5.92 Å². The maximum absolute atomic E-state index is 11.8. The van der Waals surface area contributed by atoms with E-state index in [1.165, 1.54) is 5.56 Å². The molecule has 0 aliphatic carbocycles. The Balaban J connectivity index is 2.53. The molecule has 3 heteroatoms. The summed E-state index contributed by atoms with van der Waals surface area (Å²) >= 11 is 0. The fourth-order valence-corrected chi connectivity index (χ4v) is 1.74. The summed E-state index contributed by atoms with van der Waals surface area (Å²) in [7, 11) is 0. The molecule has 1 N–H and O–H groups in total. The first-order valence-electron chi connectivity index (χ1n) is 7.09. The van der Waals surface area contributed by atoms with E-state index in [1.807, 2.05) is 18.2 Å². The summed E-state index contributed by atoms with van der Waals surface area (Å²) in [5, 5.41) is 2.88. The zero-order chi connectivity index (χ0) is 14.3. The average molecular weight is 263 g/mol. The highest BCUT2D eigenvalue weighted by Gasteiger charge is 2.14. The molecule has 0 heterocycles. The number of hydrogen-bond acceptors (Lipinski definition) is 2. The van der Waals surface area contributed by atoms with Crippen LogP contribution in [0.15, 0.2) is 24.3 Å². The average Bonchev–Trinajstić information content (AvgIpc) is 2.39. The lowest BCUT2D eigenvalue weighted by molar-refractivity contribution is -0.127. The Labute approximate surface area is 116 Å². The van der Waals surface area contributed by atoms with Gasteiger partial charge in [0.05, 0.1) is 0 Å². The van der Waals surface area contributed by atoms with Crippen LogP contribution in [0.25, 0.3) is 0 Å². The number of hydrogen-bond donors (Lipinski definition) is 1. The van der Waals surface area contributed by atoms with E-state index in [1.54, 1.807) is 6.92 Å². The number of nitrogens with one attached hydrogen (secondary N) is 1. The van der Waals surface area contributed by atoms with Gasteiger partial charge in [-0.1, -0.05) is 39.3 Å². The summed E-state index contributed by atoms with van der Waals surface area (Å²) < 4.78 is 5.69. The van der Waals surface area contributed by atoms with Gasteiger partial charge in [-0.2, -0.15) is 0 Å². The zero-order valence-corrected chi connectivity index (χ0v) is 12.4. The van der Waals surface area contributed by atoms with Crippen LogP contribution < -0.4 is 10.1 Å². The Hall–Kier alpha value is -1.51. The van der Waals surface area contributed by atoms with Gasteiger partial charge in [0.1, 0.15) is 5.75 Å². The van der Waals surface area contributed by atoms with Crippen molar-refractivity contribution in [2.45, 2.75) is 52.6 Å². The summed E-state index contributed by atoms with van der Waals surface area (Å²) in [4.78, 5) is 11.8. The lowest BCUT2D eigenvalue weighted by atomic mass is 10.0. The van der Waals surface area contributed by atoms with Gasteiger partial charge in [0.2, 0.25) is 0 Å². The molecule has 1 amide bonds. The van der Waals surface area contributed by atoms with Crippen molar-refractivity contribution in [2.24, 2.45) is 0 Å². The first-order chi connectivity index (χ1) is 9.04. The largest absolute Gasteiger partial charge is 0.481 e. The Bertz CT molecular complexity index is 401. The van der Waals surface area contributed by atoms with Crippen LogP contribution in [0.1, 0.15) is 52.0 Å². The van der Waals surface area contributed by atoms with Gasteiger partial charge in [-0.15, -0.1) is 0 Å². The number of benzene rings is 1. The molecule has 19 heavy (non-hydrogen) atoms. The van der Waals surface area contributed by atoms with E-state index in [-0.39, 0.29) is 5.91 Å². The maximum atomic E-state index is 11.8. The molecule has 0 aliphatic rings. The van der Waals surface area contributed by atoms with Crippen molar-refractivity contribution in [1.29, 1.82) is 0 Å². The van der Waals surface area contributed by atoms with Crippen molar-refractivity contribution < 1.29 is 9.53 Å². The Morgan fingerprint density at radius 2 is 2.05 bits per heavy atom. The highest BCUT2D eigenvalue weighted by Crippen LogP contribution is 2.20. The van der Waals surface area contributed by atoms with E-state index in [2.05, 4.69) is 32.2 Å². The van der Waals surface area contributed by atoms with Crippen LogP contribution in [-0.2, 0) is 4.79 Å². The van der Waals surface area contributed by atoms with Crippen LogP contribution in [0, 0.1) is 0 Å². The quantitative estimate of drug-likeness (QED) is 0.765. The van der Waals surface area contributed by atoms with Gasteiger partial charge in [0.25, 0.3) is 5.91 Å². The topological polar surface area (TPSA) is 38.3 Å². The monoisotopic (exact) mass is 263 g/mol. The predicted molar refractivity (Wildman–Crippen MR) is 78.5 cm³/mol. The van der Waals surface area contributed by atoms with Gasteiger partial charge < -0.3 is 10.1 Å². The van der Waals surface area contributed by atoms with Crippen molar-refractivity contribution in [1.82, 2.24) is 5.32 Å². The minimum atomic E-state index is -0.459.